The number of amides is 3. The van der Waals surface area contributed by atoms with Crippen molar-refractivity contribution in [1.29, 1.82) is 0 Å². The third-order valence-corrected chi connectivity index (χ3v) is 9.07. The normalized spacial score (nSPS) is 21.4. The summed E-state index contributed by atoms with van der Waals surface area (Å²) in [6.07, 6.45) is 0. The Kier molecular flexibility index (Phi) is 6.21. The maximum absolute atomic E-state index is 14.0. The molecule has 208 valence electrons. The number of rotatable bonds is 5. The van der Waals surface area contributed by atoms with Gasteiger partial charge in [0.1, 0.15) is 0 Å². The summed E-state index contributed by atoms with van der Waals surface area (Å²) < 4.78 is 5.25. The van der Waals surface area contributed by atoms with Crippen molar-refractivity contribution < 1.29 is 23.9 Å². The molecule has 0 saturated carbocycles. The van der Waals surface area contributed by atoms with Gasteiger partial charge in [-0.2, -0.15) is 0 Å². The molecule has 3 aliphatic carbocycles. The van der Waals surface area contributed by atoms with E-state index < -0.39 is 30.3 Å². The molecule has 4 aliphatic rings. The number of benzene rings is 4. The zero-order valence-corrected chi connectivity index (χ0v) is 23.3. The van der Waals surface area contributed by atoms with Crippen LogP contribution < -0.4 is 10.2 Å². The van der Waals surface area contributed by atoms with Gasteiger partial charge in [0.2, 0.25) is 11.8 Å². The van der Waals surface area contributed by atoms with Gasteiger partial charge in [-0.3, -0.25) is 14.4 Å². The van der Waals surface area contributed by atoms with Crippen molar-refractivity contribution in [3.63, 3.8) is 0 Å². The molecule has 7 nitrogen and oxygen atoms in total. The van der Waals surface area contributed by atoms with Gasteiger partial charge < -0.3 is 10.1 Å². The first-order valence-corrected chi connectivity index (χ1v) is 14.1. The first kappa shape index (κ1) is 26.2. The summed E-state index contributed by atoms with van der Waals surface area (Å²) >= 11 is 6.11. The second kappa shape index (κ2) is 9.96. The standard InChI is InChI=1S/C34H25ClN2O5/c1-18-25(35)14-7-15-26(18)36-27(38)17-42-34(41)19-8-6-9-20(16-19)37-32(39)30-28-21-10-2-3-11-22(21)29(31(30)33(37)40)24-13-5-4-12-23(24)28/h2-16,28-31H,17H2,1H3,(H,36,38)/t28?,29?,30-,31+. The Morgan fingerprint density at radius 2 is 1.33 bits per heavy atom. The summed E-state index contributed by atoms with van der Waals surface area (Å²) in [6, 6.07) is 27.5. The predicted molar refractivity (Wildman–Crippen MR) is 158 cm³/mol. The number of imide groups is 1. The highest BCUT2D eigenvalue weighted by molar-refractivity contribution is 6.31. The van der Waals surface area contributed by atoms with Crippen LogP contribution in [0.1, 0.15) is 50.0 Å². The van der Waals surface area contributed by atoms with Crippen molar-refractivity contribution in [2.45, 2.75) is 18.8 Å². The Bertz CT molecular complexity index is 1700. The fourth-order valence-corrected chi connectivity index (χ4v) is 7.02. The summed E-state index contributed by atoms with van der Waals surface area (Å²) in [5.41, 5.74) is 6.03. The number of halogens is 1. The summed E-state index contributed by atoms with van der Waals surface area (Å²) in [4.78, 5) is 54.6. The van der Waals surface area contributed by atoms with Crippen LogP contribution in [0.5, 0.6) is 0 Å². The van der Waals surface area contributed by atoms with Gasteiger partial charge in [-0.25, -0.2) is 9.69 Å². The number of nitrogens with zero attached hydrogens (tertiary/aromatic N) is 1. The summed E-state index contributed by atoms with van der Waals surface area (Å²) in [5, 5.41) is 3.19. The van der Waals surface area contributed by atoms with E-state index in [4.69, 9.17) is 16.3 Å². The molecule has 1 N–H and O–H groups in total. The molecule has 42 heavy (non-hydrogen) atoms. The van der Waals surface area contributed by atoms with Crippen molar-refractivity contribution in [3.05, 3.63) is 129 Å². The van der Waals surface area contributed by atoms with Crippen molar-refractivity contribution in [3.8, 4) is 0 Å². The van der Waals surface area contributed by atoms with Gasteiger partial charge in [-0.05, 0) is 65.1 Å². The minimum Gasteiger partial charge on any atom is -0.452 e. The van der Waals surface area contributed by atoms with E-state index in [0.29, 0.717) is 22.0 Å². The van der Waals surface area contributed by atoms with E-state index in [1.54, 1.807) is 37.3 Å². The highest BCUT2D eigenvalue weighted by Gasteiger charge is 2.61. The number of esters is 1. The quantitative estimate of drug-likeness (QED) is 0.238. The van der Waals surface area contributed by atoms with E-state index in [1.165, 1.54) is 17.0 Å². The molecule has 1 heterocycles. The lowest BCUT2D eigenvalue weighted by molar-refractivity contribution is -0.122. The van der Waals surface area contributed by atoms with Crippen molar-refractivity contribution in [1.82, 2.24) is 0 Å². The van der Waals surface area contributed by atoms with Gasteiger partial charge in [0.05, 0.1) is 23.1 Å². The number of nitrogens with one attached hydrogen (secondary N) is 1. The molecule has 4 aromatic carbocycles. The molecular formula is C34H25ClN2O5. The summed E-state index contributed by atoms with van der Waals surface area (Å²) in [5.74, 6) is -3.30. The molecule has 8 rings (SSSR count). The SMILES string of the molecule is Cc1c(Cl)cccc1NC(=O)COC(=O)c1cccc(N2C(=O)[C@@H]3C4c5ccccc5C(c5ccccc54)[C@@H]3C2=O)c1. The molecule has 0 unspecified atom stereocenters. The lowest BCUT2D eigenvalue weighted by Crippen LogP contribution is -2.41. The Morgan fingerprint density at radius 3 is 1.90 bits per heavy atom. The molecule has 0 radical (unpaired) electrons. The largest absolute Gasteiger partial charge is 0.452 e. The molecule has 0 aromatic heterocycles. The lowest BCUT2D eigenvalue weighted by atomic mass is 9.55. The van der Waals surface area contributed by atoms with Crippen molar-refractivity contribution in [2.75, 3.05) is 16.8 Å². The number of carbonyl (C=O) groups is 4. The zero-order chi connectivity index (χ0) is 29.1. The minimum absolute atomic E-state index is 0.129. The highest BCUT2D eigenvalue weighted by atomic mass is 35.5. The smallest absolute Gasteiger partial charge is 0.338 e. The first-order chi connectivity index (χ1) is 20.3. The number of anilines is 2. The van der Waals surface area contributed by atoms with Crippen LogP contribution in [0.4, 0.5) is 11.4 Å². The molecule has 8 heteroatoms. The topological polar surface area (TPSA) is 92.8 Å². The number of hydrogen-bond acceptors (Lipinski definition) is 5. The van der Waals surface area contributed by atoms with Crippen molar-refractivity contribution >= 4 is 46.7 Å². The van der Waals surface area contributed by atoms with E-state index in [2.05, 4.69) is 29.6 Å². The number of hydrogen-bond donors (Lipinski definition) is 1. The molecule has 2 bridgehead atoms. The van der Waals surface area contributed by atoms with Gasteiger partial charge in [0.25, 0.3) is 5.91 Å². The average molecular weight is 577 g/mol. The summed E-state index contributed by atoms with van der Waals surface area (Å²) in [6.45, 7) is 1.26. The van der Waals surface area contributed by atoms with E-state index >= 15 is 0 Å². The first-order valence-electron chi connectivity index (χ1n) is 13.7. The van der Waals surface area contributed by atoms with E-state index in [-0.39, 0.29) is 29.2 Å². The van der Waals surface area contributed by atoms with Gasteiger partial charge in [0, 0.05) is 22.5 Å². The Labute approximate surface area is 247 Å². The average Bonchev–Trinajstić information content (AvgIpc) is 3.28. The van der Waals surface area contributed by atoms with E-state index in [1.807, 2.05) is 24.3 Å². The molecule has 3 amide bonds. The lowest BCUT2D eigenvalue weighted by Gasteiger charge is -2.45. The molecule has 1 aliphatic heterocycles. The summed E-state index contributed by atoms with van der Waals surface area (Å²) in [7, 11) is 0. The molecule has 0 spiro atoms. The molecule has 2 atom stereocenters. The van der Waals surface area contributed by atoms with Crippen LogP contribution in [0.25, 0.3) is 0 Å². The van der Waals surface area contributed by atoms with Crippen LogP contribution in [0.15, 0.2) is 91.0 Å². The molecule has 4 aromatic rings. The molecular weight excluding hydrogens is 552 g/mol. The number of ether oxygens (including phenoxy) is 1. The van der Waals surface area contributed by atoms with Crippen molar-refractivity contribution in [2.24, 2.45) is 11.8 Å². The second-order valence-corrected chi connectivity index (χ2v) is 11.3. The zero-order valence-electron chi connectivity index (χ0n) is 22.5. The van der Waals surface area contributed by atoms with Crippen LogP contribution in [-0.2, 0) is 19.1 Å². The number of carbonyl (C=O) groups excluding carboxylic acids is 4. The Morgan fingerprint density at radius 1 is 0.786 bits per heavy atom. The van der Waals surface area contributed by atoms with Gasteiger partial charge in [-0.15, -0.1) is 0 Å². The fourth-order valence-electron chi connectivity index (χ4n) is 6.85. The Balaban J connectivity index is 1.13. The van der Waals surface area contributed by atoms with Crippen LogP contribution in [0, 0.1) is 18.8 Å². The van der Waals surface area contributed by atoms with E-state index in [9.17, 15) is 19.2 Å². The third kappa shape index (κ3) is 3.96. The minimum atomic E-state index is -0.744. The maximum atomic E-state index is 14.0. The van der Waals surface area contributed by atoms with Crippen LogP contribution >= 0.6 is 11.6 Å². The fraction of sp³-hybridized carbons (Fsp3) is 0.176. The molecule has 1 saturated heterocycles. The Hall–Kier alpha value is -4.75. The van der Waals surface area contributed by atoms with Crippen LogP contribution in [-0.4, -0.2) is 30.3 Å². The highest BCUT2D eigenvalue weighted by Crippen LogP contribution is 2.61. The third-order valence-electron chi connectivity index (χ3n) is 8.66. The van der Waals surface area contributed by atoms with Gasteiger partial charge in [-0.1, -0.05) is 72.3 Å². The predicted octanol–water partition coefficient (Wildman–Crippen LogP) is 5.84. The van der Waals surface area contributed by atoms with Gasteiger partial charge in [0.15, 0.2) is 6.61 Å². The second-order valence-electron chi connectivity index (χ2n) is 10.9. The maximum Gasteiger partial charge on any atom is 0.338 e. The monoisotopic (exact) mass is 576 g/mol. The van der Waals surface area contributed by atoms with Gasteiger partial charge >= 0.3 is 5.97 Å². The van der Waals surface area contributed by atoms with Crippen LogP contribution in [0.2, 0.25) is 5.02 Å². The van der Waals surface area contributed by atoms with Crippen LogP contribution in [0.3, 0.4) is 0 Å². The molecule has 1 fully saturated rings. The van der Waals surface area contributed by atoms with E-state index in [0.717, 1.165) is 22.3 Å².